The van der Waals surface area contributed by atoms with Crippen molar-refractivity contribution in [1.29, 1.82) is 0 Å². The Morgan fingerprint density at radius 3 is 1.70 bits per heavy atom. The van der Waals surface area contributed by atoms with Crippen LogP contribution in [0, 0.1) is 6.92 Å². The molecule has 2 fully saturated rings. The lowest BCUT2D eigenvalue weighted by Crippen LogP contribution is -2.27. The first-order valence-electron chi connectivity index (χ1n) is 15.5. The number of amides is 2. The lowest BCUT2D eigenvalue weighted by atomic mass is 9.77. The molecule has 2 heterocycles. The quantitative estimate of drug-likeness (QED) is 0.192. The molecule has 0 unspecified atom stereocenters. The molecule has 46 heavy (non-hydrogen) atoms. The molecule has 0 atom stereocenters. The van der Waals surface area contributed by atoms with Gasteiger partial charge in [0.1, 0.15) is 11.5 Å². The number of ether oxygens (including phenoxy) is 2. The Bertz CT molecular complexity index is 1900. The number of methoxy groups -OCH3 is 1. The molecule has 6 rings (SSSR count). The predicted octanol–water partition coefficient (Wildman–Crippen LogP) is 7.21. The van der Waals surface area contributed by atoms with E-state index in [-0.39, 0.29) is 21.6 Å². The van der Waals surface area contributed by atoms with Gasteiger partial charge in [-0.1, -0.05) is 32.0 Å². The summed E-state index contributed by atoms with van der Waals surface area (Å²) in [7, 11) is -2.20. The highest BCUT2D eigenvalue weighted by atomic mass is 32.2. The second-order valence-electron chi connectivity index (χ2n) is 12.4. The summed E-state index contributed by atoms with van der Waals surface area (Å²) in [6.45, 7) is 7.62. The topological polar surface area (TPSA) is 93.2 Å². The van der Waals surface area contributed by atoms with Gasteiger partial charge in [0.2, 0.25) is 21.7 Å². The molecule has 0 aromatic heterocycles. The molecule has 0 radical (unpaired) electrons. The van der Waals surface area contributed by atoms with E-state index >= 15 is 0 Å². The third kappa shape index (κ3) is 5.87. The number of nitrogens with zero attached hydrogens (tertiary/aromatic N) is 2. The van der Waals surface area contributed by atoms with Crippen molar-refractivity contribution in [2.45, 2.75) is 61.7 Å². The maximum absolute atomic E-state index is 13.2. The summed E-state index contributed by atoms with van der Waals surface area (Å²) < 4.78 is 37.9. The molecule has 2 amide bonds. The number of hydrogen-bond acceptors (Lipinski definition) is 6. The molecule has 2 saturated heterocycles. The highest BCUT2D eigenvalue weighted by Crippen LogP contribution is 2.42. The third-order valence-corrected chi connectivity index (χ3v) is 10.9. The summed E-state index contributed by atoms with van der Waals surface area (Å²) in [6, 6.07) is 24.7. The average molecular weight is 639 g/mol. The Morgan fingerprint density at radius 1 is 0.674 bits per heavy atom. The molecule has 0 aliphatic carbocycles. The van der Waals surface area contributed by atoms with Crippen molar-refractivity contribution in [3.05, 3.63) is 102 Å². The first-order valence-corrected chi connectivity index (χ1v) is 17.0. The number of sulfone groups is 1. The molecule has 8 nitrogen and oxygen atoms in total. The molecule has 2 aliphatic rings. The van der Waals surface area contributed by atoms with Crippen molar-refractivity contribution in [2.75, 3.05) is 30.0 Å². The van der Waals surface area contributed by atoms with Crippen molar-refractivity contribution in [3.63, 3.8) is 0 Å². The lowest BCUT2D eigenvalue weighted by molar-refractivity contribution is -0.117. The molecule has 9 heteroatoms. The zero-order valence-electron chi connectivity index (χ0n) is 26.6. The van der Waals surface area contributed by atoms with Crippen LogP contribution in [-0.2, 0) is 24.8 Å². The maximum Gasteiger partial charge on any atom is 0.227 e. The first kappa shape index (κ1) is 31.4. The number of benzene rings is 4. The largest absolute Gasteiger partial charge is 0.497 e. The number of rotatable bonds is 9. The summed E-state index contributed by atoms with van der Waals surface area (Å²) in [5, 5.41) is 0. The van der Waals surface area contributed by atoms with Gasteiger partial charge in [-0.2, -0.15) is 0 Å². The van der Waals surface area contributed by atoms with Crippen molar-refractivity contribution < 1.29 is 27.5 Å². The molecule has 0 N–H and O–H groups in total. The molecule has 2 aliphatic heterocycles. The minimum Gasteiger partial charge on any atom is -0.497 e. The van der Waals surface area contributed by atoms with Crippen molar-refractivity contribution >= 4 is 33.0 Å². The van der Waals surface area contributed by atoms with E-state index in [2.05, 4.69) is 32.0 Å². The van der Waals surface area contributed by atoms with Crippen LogP contribution in [0.15, 0.2) is 94.7 Å². The number of hydrogen-bond donors (Lipinski definition) is 0. The average Bonchev–Trinajstić information content (AvgIpc) is 3.69. The molecule has 0 spiro atoms. The molecule has 0 saturated carbocycles. The Balaban J connectivity index is 1.31. The monoisotopic (exact) mass is 638 g/mol. The fraction of sp³-hybridized carbons (Fsp3) is 0.297. The highest BCUT2D eigenvalue weighted by molar-refractivity contribution is 7.91. The van der Waals surface area contributed by atoms with Gasteiger partial charge in [0.25, 0.3) is 0 Å². The van der Waals surface area contributed by atoms with Crippen molar-refractivity contribution in [2.24, 2.45) is 0 Å². The van der Waals surface area contributed by atoms with E-state index in [1.165, 1.54) is 31.4 Å². The van der Waals surface area contributed by atoms with Crippen molar-refractivity contribution in [1.82, 2.24) is 0 Å². The van der Waals surface area contributed by atoms with E-state index in [9.17, 15) is 18.0 Å². The molecule has 4 aromatic rings. The minimum atomic E-state index is -3.73. The smallest absolute Gasteiger partial charge is 0.227 e. The third-order valence-electron chi connectivity index (χ3n) is 9.07. The Kier molecular flexibility index (Phi) is 8.37. The summed E-state index contributed by atoms with van der Waals surface area (Å²) >= 11 is 0. The molecular weight excluding hydrogens is 600 g/mol. The molecule has 0 bridgehead atoms. The minimum absolute atomic E-state index is 0.0332. The van der Waals surface area contributed by atoms with Gasteiger partial charge in [-0.15, -0.1) is 0 Å². The number of carbonyl (C=O) groups is 2. The van der Waals surface area contributed by atoms with Gasteiger partial charge < -0.3 is 19.3 Å². The van der Waals surface area contributed by atoms with Gasteiger partial charge in [0, 0.05) is 37.0 Å². The summed E-state index contributed by atoms with van der Waals surface area (Å²) in [5.41, 5.74) is 4.29. The summed E-state index contributed by atoms with van der Waals surface area (Å²) in [5.74, 6) is 1.72. The molecule has 238 valence electrons. The Morgan fingerprint density at radius 2 is 1.17 bits per heavy atom. The normalized spacial score (nSPS) is 15.5. The highest BCUT2D eigenvalue weighted by Gasteiger charge is 2.31. The van der Waals surface area contributed by atoms with E-state index in [1.54, 1.807) is 29.2 Å². The zero-order chi connectivity index (χ0) is 32.6. The van der Waals surface area contributed by atoms with E-state index in [1.807, 2.05) is 30.0 Å². The standard InChI is InChI=1S/C37H38N2O6S/c1-25-9-10-26(23-32(25)38-21-5-7-35(38)40)37(2,3)27-11-20-34(33(24-27)39-22-6-8-36(39)41)45-29-14-18-31(19-15-29)46(42,43)30-16-12-28(44-4)13-17-30/h9-20,23-24H,5-8,21-22H2,1-4H3. The van der Waals surface area contributed by atoms with E-state index < -0.39 is 15.3 Å². The second-order valence-corrected chi connectivity index (χ2v) is 14.3. The first-order chi connectivity index (χ1) is 22.0. The fourth-order valence-electron chi connectivity index (χ4n) is 6.17. The number of anilines is 2. The van der Waals surface area contributed by atoms with E-state index in [4.69, 9.17) is 9.47 Å². The van der Waals surface area contributed by atoms with E-state index in [0.29, 0.717) is 42.3 Å². The van der Waals surface area contributed by atoms with Crippen molar-refractivity contribution in [3.8, 4) is 17.2 Å². The Hall–Kier alpha value is -4.63. The predicted molar refractivity (Wildman–Crippen MR) is 178 cm³/mol. The van der Waals surface area contributed by atoms with Crippen LogP contribution < -0.4 is 19.3 Å². The molecule has 4 aromatic carbocycles. The fourth-order valence-corrected chi connectivity index (χ4v) is 7.43. The molecular formula is C37H38N2O6S. The van der Waals surface area contributed by atoms with Crippen LogP contribution in [0.1, 0.15) is 56.2 Å². The summed E-state index contributed by atoms with van der Waals surface area (Å²) in [6.07, 6.45) is 2.66. The van der Waals surface area contributed by atoms with E-state index in [0.717, 1.165) is 41.8 Å². The van der Waals surface area contributed by atoms with Crippen LogP contribution in [0.5, 0.6) is 17.2 Å². The van der Waals surface area contributed by atoms with Crippen LogP contribution in [0.2, 0.25) is 0 Å². The van der Waals surface area contributed by atoms with Crippen LogP contribution in [0.4, 0.5) is 11.4 Å². The van der Waals surface area contributed by atoms with Crippen LogP contribution in [0.25, 0.3) is 0 Å². The second kappa shape index (κ2) is 12.3. The number of aryl methyl sites for hydroxylation is 1. The summed E-state index contributed by atoms with van der Waals surface area (Å²) in [4.78, 5) is 29.5. The zero-order valence-corrected chi connectivity index (χ0v) is 27.4. The number of carbonyl (C=O) groups excluding carboxylic acids is 2. The van der Waals surface area contributed by atoms with Crippen LogP contribution in [0.3, 0.4) is 0 Å². The van der Waals surface area contributed by atoms with Gasteiger partial charge >= 0.3 is 0 Å². The van der Waals surface area contributed by atoms with Crippen LogP contribution >= 0.6 is 0 Å². The lowest BCUT2D eigenvalue weighted by Gasteiger charge is -2.30. The van der Waals surface area contributed by atoms with Gasteiger partial charge in [-0.3, -0.25) is 9.59 Å². The van der Waals surface area contributed by atoms with Gasteiger partial charge in [0.15, 0.2) is 5.75 Å². The van der Waals surface area contributed by atoms with Gasteiger partial charge in [-0.05, 0) is 103 Å². The van der Waals surface area contributed by atoms with Crippen LogP contribution in [-0.4, -0.2) is 40.4 Å². The van der Waals surface area contributed by atoms with Gasteiger partial charge in [-0.25, -0.2) is 8.42 Å². The van der Waals surface area contributed by atoms with Gasteiger partial charge in [0.05, 0.1) is 22.6 Å². The maximum atomic E-state index is 13.2. The SMILES string of the molecule is COc1ccc(S(=O)(=O)c2ccc(Oc3ccc(C(C)(C)c4ccc(C)c(N5CCCC5=O)c4)cc3N3CCCC3=O)cc2)cc1. The Labute approximate surface area is 270 Å².